The normalized spacial score (nSPS) is 22.4. The molecule has 1 atom stereocenters. The number of thiol groups is 1. The first-order valence-electron chi connectivity index (χ1n) is 4.52. The third-order valence-electron chi connectivity index (χ3n) is 2.39. The zero-order valence-electron chi connectivity index (χ0n) is 7.90. The number of nitrogens with zero attached hydrogens (tertiary/aromatic N) is 2. The lowest BCUT2D eigenvalue weighted by Gasteiger charge is -2.26. The Morgan fingerprint density at radius 3 is 2.58 bits per heavy atom. The van der Waals surface area contributed by atoms with Crippen LogP contribution in [-0.2, 0) is 0 Å². The van der Waals surface area contributed by atoms with Crippen molar-refractivity contribution in [3.63, 3.8) is 0 Å². The molecule has 0 bridgehead atoms. The zero-order chi connectivity index (χ0) is 8.97. The van der Waals surface area contributed by atoms with Gasteiger partial charge in [0.25, 0.3) is 0 Å². The Hall–Kier alpha value is -0.310. The van der Waals surface area contributed by atoms with Crippen LogP contribution in [0.25, 0.3) is 0 Å². The van der Waals surface area contributed by atoms with Gasteiger partial charge < -0.3 is 9.80 Å². The van der Waals surface area contributed by atoms with E-state index in [1.54, 1.807) is 0 Å². The van der Waals surface area contributed by atoms with E-state index < -0.39 is 0 Å². The molecule has 1 heterocycles. The summed E-state index contributed by atoms with van der Waals surface area (Å²) in [4.78, 5) is 4.59. The average molecular weight is 186 g/mol. The van der Waals surface area contributed by atoms with E-state index in [2.05, 4.69) is 48.8 Å². The maximum atomic E-state index is 4.19. The molecule has 0 fully saturated rings. The largest absolute Gasteiger partial charge is 0.359 e. The summed E-state index contributed by atoms with van der Waals surface area (Å²) in [5, 5.41) is 0. The molecule has 12 heavy (non-hydrogen) atoms. The standard InChI is InChI=1S/C9H18N2S/c1-9-10(2)6-7-11(9)5-3-4-8-12/h6-7,9,12H,3-5,8H2,1-2H3. The predicted molar refractivity (Wildman–Crippen MR) is 56.2 cm³/mol. The van der Waals surface area contributed by atoms with Crippen molar-refractivity contribution in [1.82, 2.24) is 9.80 Å². The van der Waals surface area contributed by atoms with Gasteiger partial charge in [0, 0.05) is 26.0 Å². The predicted octanol–water partition coefficient (Wildman–Crippen LogP) is 1.76. The highest BCUT2D eigenvalue weighted by molar-refractivity contribution is 7.80. The first kappa shape index (κ1) is 9.78. The molecule has 0 aliphatic carbocycles. The summed E-state index contributed by atoms with van der Waals surface area (Å²) in [6.07, 6.45) is 7.29. The SMILES string of the molecule is CC1N(C)C=CN1CCCCS. The quantitative estimate of drug-likeness (QED) is 0.528. The maximum absolute atomic E-state index is 4.19. The smallest absolute Gasteiger partial charge is 0.0974 e. The number of hydrogen-bond donors (Lipinski definition) is 1. The Morgan fingerprint density at radius 2 is 2.08 bits per heavy atom. The molecule has 0 aromatic heterocycles. The van der Waals surface area contributed by atoms with Crippen LogP contribution in [0.4, 0.5) is 0 Å². The van der Waals surface area contributed by atoms with Crippen molar-refractivity contribution in [2.24, 2.45) is 0 Å². The van der Waals surface area contributed by atoms with Crippen molar-refractivity contribution in [3.8, 4) is 0 Å². The minimum Gasteiger partial charge on any atom is -0.359 e. The first-order valence-corrected chi connectivity index (χ1v) is 5.16. The van der Waals surface area contributed by atoms with Crippen molar-refractivity contribution in [2.75, 3.05) is 19.3 Å². The van der Waals surface area contributed by atoms with E-state index in [1.165, 1.54) is 12.8 Å². The molecule has 3 heteroatoms. The second-order valence-corrected chi connectivity index (χ2v) is 3.71. The van der Waals surface area contributed by atoms with E-state index in [4.69, 9.17) is 0 Å². The number of rotatable bonds is 4. The molecule has 0 spiro atoms. The van der Waals surface area contributed by atoms with Crippen LogP contribution in [0, 0.1) is 0 Å². The Balaban J connectivity index is 2.21. The first-order chi connectivity index (χ1) is 5.75. The van der Waals surface area contributed by atoms with E-state index in [9.17, 15) is 0 Å². The van der Waals surface area contributed by atoms with Crippen LogP contribution in [-0.4, -0.2) is 35.3 Å². The molecule has 1 aliphatic rings. The fourth-order valence-corrected chi connectivity index (χ4v) is 1.57. The molecule has 0 aromatic rings. The highest BCUT2D eigenvalue weighted by atomic mass is 32.1. The molecular weight excluding hydrogens is 168 g/mol. The molecular formula is C9H18N2S. The average Bonchev–Trinajstić information content (AvgIpc) is 2.36. The van der Waals surface area contributed by atoms with Crippen LogP contribution in [0.3, 0.4) is 0 Å². The molecule has 0 aromatic carbocycles. The van der Waals surface area contributed by atoms with Gasteiger partial charge >= 0.3 is 0 Å². The summed E-state index contributed by atoms with van der Waals surface area (Å²) in [7, 11) is 2.11. The summed E-state index contributed by atoms with van der Waals surface area (Å²) in [6, 6.07) is 0. The fourth-order valence-electron chi connectivity index (χ4n) is 1.34. The second-order valence-electron chi connectivity index (χ2n) is 3.26. The Bertz CT molecular complexity index is 159. The van der Waals surface area contributed by atoms with Crippen LogP contribution in [0.15, 0.2) is 12.4 Å². The molecule has 2 nitrogen and oxygen atoms in total. The van der Waals surface area contributed by atoms with Crippen LogP contribution in [0.5, 0.6) is 0 Å². The molecule has 0 amide bonds. The van der Waals surface area contributed by atoms with E-state index in [0.29, 0.717) is 6.17 Å². The molecule has 0 N–H and O–H groups in total. The summed E-state index contributed by atoms with van der Waals surface area (Å²) in [5.41, 5.74) is 0. The lowest BCUT2D eigenvalue weighted by molar-refractivity contribution is 0.193. The molecule has 0 saturated carbocycles. The van der Waals surface area contributed by atoms with Gasteiger partial charge in [0.05, 0.1) is 6.17 Å². The maximum Gasteiger partial charge on any atom is 0.0974 e. The van der Waals surface area contributed by atoms with Crippen LogP contribution in [0.1, 0.15) is 19.8 Å². The van der Waals surface area contributed by atoms with Gasteiger partial charge in [0.2, 0.25) is 0 Å². The highest BCUT2D eigenvalue weighted by Gasteiger charge is 2.16. The fraction of sp³-hybridized carbons (Fsp3) is 0.778. The van der Waals surface area contributed by atoms with Gasteiger partial charge in [0.15, 0.2) is 0 Å². The van der Waals surface area contributed by atoms with E-state index in [1.807, 2.05) is 0 Å². The van der Waals surface area contributed by atoms with Gasteiger partial charge in [-0.15, -0.1) is 0 Å². The van der Waals surface area contributed by atoms with Gasteiger partial charge in [-0.1, -0.05) is 0 Å². The monoisotopic (exact) mass is 186 g/mol. The summed E-state index contributed by atoms with van der Waals surface area (Å²) < 4.78 is 0. The topological polar surface area (TPSA) is 6.48 Å². The zero-order valence-corrected chi connectivity index (χ0v) is 8.80. The van der Waals surface area contributed by atoms with Crippen LogP contribution < -0.4 is 0 Å². The van der Waals surface area contributed by atoms with Crippen LogP contribution in [0.2, 0.25) is 0 Å². The third-order valence-corrected chi connectivity index (χ3v) is 2.70. The minimum absolute atomic E-state index is 0.532. The summed E-state index contributed by atoms with van der Waals surface area (Å²) in [5.74, 6) is 1.00. The van der Waals surface area contributed by atoms with Crippen molar-refractivity contribution < 1.29 is 0 Å². The van der Waals surface area contributed by atoms with E-state index in [0.717, 1.165) is 12.3 Å². The van der Waals surface area contributed by atoms with Gasteiger partial charge in [-0.3, -0.25) is 0 Å². The van der Waals surface area contributed by atoms with Gasteiger partial charge in [-0.2, -0.15) is 12.6 Å². The van der Waals surface area contributed by atoms with Crippen molar-refractivity contribution in [2.45, 2.75) is 25.9 Å². The Labute approximate surface area is 80.6 Å². The van der Waals surface area contributed by atoms with E-state index in [-0.39, 0.29) is 0 Å². The Morgan fingerprint density at radius 1 is 1.33 bits per heavy atom. The molecule has 70 valence electrons. The lowest BCUT2D eigenvalue weighted by atomic mass is 10.3. The van der Waals surface area contributed by atoms with Crippen LogP contribution >= 0.6 is 12.6 Å². The minimum atomic E-state index is 0.532. The third kappa shape index (κ3) is 2.34. The lowest BCUT2D eigenvalue weighted by Crippen LogP contribution is -2.34. The van der Waals surface area contributed by atoms with Crippen molar-refractivity contribution in [1.29, 1.82) is 0 Å². The van der Waals surface area contributed by atoms with Gasteiger partial charge in [-0.25, -0.2) is 0 Å². The Kier molecular flexibility index (Phi) is 3.79. The molecule has 1 rings (SSSR count). The molecule has 1 unspecified atom stereocenters. The van der Waals surface area contributed by atoms with Gasteiger partial charge in [0.1, 0.15) is 0 Å². The number of hydrogen-bond acceptors (Lipinski definition) is 3. The second kappa shape index (κ2) is 4.65. The summed E-state index contributed by atoms with van der Waals surface area (Å²) in [6.45, 7) is 3.38. The van der Waals surface area contributed by atoms with Crippen molar-refractivity contribution >= 4 is 12.6 Å². The summed E-state index contributed by atoms with van der Waals surface area (Å²) >= 11 is 4.19. The van der Waals surface area contributed by atoms with E-state index >= 15 is 0 Å². The number of unbranched alkanes of at least 4 members (excludes halogenated alkanes) is 1. The molecule has 0 saturated heterocycles. The highest BCUT2D eigenvalue weighted by Crippen LogP contribution is 2.13. The van der Waals surface area contributed by atoms with Gasteiger partial charge in [-0.05, 0) is 25.5 Å². The van der Waals surface area contributed by atoms with Crippen molar-refractivity contribution in [3.05, 3.63) is 12.4 Å². The molecule has 1 aliphatic heterocycles. The molecule has 0 radical (unpaired) electrons.